The first-order valence-corrected chi connectivity index (χ1v) is 11.4. The SMILES string of the molecule is COc1ccc(CSc2nc3ccccc3c(=O)n2CCN(C(C)C)C(C)C)cc1. The molecule has 0 unspecified atom stereocenters. The lowest BCUT2D eigenvalue weighted by Gasteiger charge is -2.30. The minimum atomic E-state index is 0.0327. The lowest BCUT2D eigenvalue weighted by atomic mass is 10.2. The summed E-state index contributed by atoms with van der Waals surface area (Å²) in [4.78, 5) is 20.5. The van der Waals surface area contributed by atoms with Gasteiger partial charge in [0.25, 0.3) is 5.56 Å². The molecule has 3 rings (SSSR count). The number of methoxy groups -OCH3 is 1. The summed E-state index contributed by atoms with van der Waals surface area (Å²) in [6, 6.07) is 16.5. The number of para-hydroxylation sites is 1. The van der Waals surface area contributed by atoms with Crippen molar-refractivity contribution in [1.82, 2.24) is 14.5 Å². The van der Waals surface area contributed by atoms with Crippen LogP contribution in [0.15, 0.2) is 58.5 Å². The molecule has 0 saturated carbocycles. The Morgan fingerprint density at radius 2 is 1.70 bits per heavy atom. The Hall–Kier alpha value is -2.31. The quantitative estimate of drug-likeness (QED) is 0.363. The number of benzene rings is 2. The monoisotopic (exact) mass is 425 g/mol. The van der Waals surface area contributed by atoms with Crippen molar-refractivity contribution in [3.05, 3.63) is 64.4 Å². The summed E-state index contributed by atoms with van der Waals surface area (Å²) in [5.41, 5.74) is 1.95. The van der Waals surface area contributed by atoms with E-state index in [1.165, 1.54) is 5.56 Å². The maximum atomic E-state index is 13.3. The highest BCUT2D eigenvalue weighted by Gasteiger charge is 2.16. The van der Waals surface area contributed by atoms with Crippen LogP contribution in [0.4, 0.5) is 0 Å². The third-order valence-corrected chi connectivity index (χ3v) is 6.31. The van der Waals surface area contributed by atoms with E-state index in [0.717, 1.165) is 28.7 Å². The van der Waals surface area contributed by atoms with E-state index in [-0.39, 0.29) is 5.56 Å². The standard InChI is InChI=1S/C24H31N3O2S/c1-17(2)26(18(3)4)14-15-27-23(28)21-8-6-7-9-22(21)25-24(27)30-16-19-10-12-20(29-5)13-11-19/h6-13,17-18H,14-16H2,1-5H3. The zero-order valence-corrected chi connectivity index (χ0v) is 19.3. The van der Waals surface area contributed by atoms with Gasteiger partial charge in [0.1, 0.15) is 5.75 Å². The number of fused-ring (bicyclic) bond motifs is 1. The molecule has 0 atom stereocenters. The molecular weight excluding hydrogens is 394 g/mol. The van der Waals surface area contributed by atoms with Gasteiger partial charge in [-0.05, 0) is 57.5 Å². The van der Waals surface area contributed by atoms with E-state index in [1.807, 2.05) is 41.0 Å². The molecule has 0 amide bonds. The summed E-state index contributed by atoms with van der Waals surface area (Å²) in [6.07, 6.45) is 0. The number of thioether (sulfide) groups is 1. The molecule has 1 aromatic heterocycles. The van der Waals surface area contributed by atoms with Gasteiger partial charge in [0, 0.05) is 30.9 Å². The first-order chi connectivity index (χ1) is 14.4. The molecule has 3 aromatic rings. The molecule has 30 heavy (non-hydrogen) atoms. The number of ether oxygens (including phenoxy) is 1. The molecule has 0 bridgehead atoms. The molecule has 0 radical (unpaired) electrons. The van der Waals surface area contributed by atoms with Crippen molar-refractivity contribution >= 4 is 22.7 Å². The number of hydrogen-bond donors (Lipinski definition) is 0. The molecule has 2 aromatic carbocycles. The van der Waals surface area contributed by atoms with Gasteiger partial charge in [-0.2, -0.15) is 0 Å². The summed E-state index contributed by atoms with van der Waals surface area (Å²) >= 11 is 1.60. The van der Waals surface area contributed by atoms with E-state index >= 15 is 0 Å². The second kappa shape index (κ2) is 10.1. The summed E-state index contributed by atoms with van der Waals surface area (Å²) in [5, 5.41) is 1.44. The van der Waals surface area contributed by atoms with Gasteiger partial charge in [0.2, 0.25) is 0 Å². The highest BCUT2D eigenvalue weighted by atomic mass is 32.2. The minimum absolute atomic E-state index is 0.0327. The Morgan fingerprint density at radius 3 is 2.33 bits per heavy atom. The fourth-order valence-electron chi connectivity index (χ4n) is 3.65. The van der Waals surface area contributed by atoms with Crippen molar-refractivity contribution in [3.8, 4) is 5.75 Å². The zero-order valence-electron chi connectivity index (χ0n) is 18.5. The van der Waals surface area contributed by atoms with E-state index in [2.05, 4.69) is 44.7 Å². The van der Waals surface area contributed by atoms with E-state index in [4.69, 9.17) is 9.72 Å². The first kappa shape index (κ1) is 22.4. The maximum absolute atomic E-state index is 13.3. The van der Waals surface area contributed by atoms with Gasteiger partial charge >= 0.3 is 0 Å². The van der Waals surface area contributed by atoms with Crippen LogP contribution >= 0.6 is 11.8 Å². The van der Waals surface area contributed by atoms with Crippen LogP contribution in [0.2, 0.25) is 0 Å². The van der Waals surface area contributed by atoms with E-state index in [1.54, 1.807) is 18.9 Å². The molecule has 0 spiro atoms. The number of aromatic nitrogens is 2. The van der Waals surface area contributed by atoms with Gasteiger partial charge in [-0.3, -0.25) is 14.3 Å². The van der Waals surface area contributed by atoms with Gasteiger partial charge in [0.15, 0.2) is 5.16 Å². The van der Waals surface area contributed by atoms with Crippen LogP contribution in [0.5, 0.6) is 5.75 Å². The molecule has 160 valence electrons. The summed E-state index contributed by atoms with van der Waals surface area (Å²) in [5.74, 6) is 1.58. The predicted octanol–water partition coefficient (Wildman–Crippen LogP) is 4.82. The second-order valence-electron chi connectivity index (χ2n) is 7.93. The van der Waals surface area contributed by atoms with Crippen molar-refractivity contribution in [2.45, 2.75) is 57.2 Å². The summed E-state index contributed by atoms with van der Waals surface area (Å²) < 4.78 is 7.08. The Kier molecular flexibility index (Phi) is 7.56. The predicted molar refractivity (Wildman–Crippen MR) is 126 cm³/mol. The average Bonchev–Trinajstić information content (AvgIpc) is 2.74. The van der Waals surface area contributed by atoms with Crippen molar-refractivity contribution in [2.75, 3.05) is 13.7 Å². The fraction of sp³-hybridized carbons (Fsp3) is 0.417. The number of nitrogens with zero attached hydrogens (tertiary/aromatic N) is 3. The van der Waals surface area contributed by atoms with E-state index in [9.17, 15) is 4.79 Å². The smallest absolute Gasteiger partial charge is 0.262 e. The van der Waals surface area contributed by atoms with Crippen LogP contribution in [0.3, 0.4) is 0 Å². The normalized spacial score (nSPS) is 11.7. The highest BCUT2D eigenvalue weighted by molar-refractivity contribution is 7.98. The molecule has 0 N–H and O–H groups in total. The lowest BCUT2D eigenvalue weighted by molar-refractivity contribution is 0.166. The zero-order chi connectivity index (χ0) is 21.7. The second-order valence-corrected chi connectivity index (χ2v) is 8.87. The Morgan fingerprint density at radius 1 is 1.03 bits per heavy atom. The Bertz CT molecular complexity index is 1020. The minimum Gasteiger partial charge on any atom is -0.497 e. The Labute approximate surface area is 183 Å². The Balaban J connectivity index is 1.90. The molecule has 0 fully saturated rings. The molecule has 0 aliphatic rings. The third kappa shape index (κ3) is 5.24. The van der Waals surface area contributed by atoms with Crippen molar-refractivity contribution in [2.24, 2.45) is 0 Å². The van der Waals surface area contributed by atoms with Crippen LogP contribution < -0.4 is 10.3 Å². The van der Waals surface area contributed by atoms with Crippen LogP contribution in [0, 0.1) is 0 Å². The molecule has 1 heterocycles. The third-order valence-electron chi connectivity index (χ3n) is 5.26. The molecule has 0 saturated heterocycles. The molecule has 5 nitrogen and oxygen atoms in total. The fourth-order valence-corrected chi connectivity index (χ4v) is 4.63. The first-order valence-electron chi connectivity index (χ1n) is 10.4. The van der Waals surface area contributed by atoms with Crippen molar-refractivity contribution in [3.63, 3.8) is 0 Å². The van der Waals surface area contributed by atoms with Gasteiger partial charge in [-0.1, -0.05) is 36.0 Å². The van der Waals surface area contributed by atoms with Gasteiger partial charge in [0.05, 0.1) is 18.0 Å². The van der Waals surface area contributed by atoms with Crippen molar-refractivity contribution in [1.29, 1.82) is 0 Å². The molecule has 0 aliphatic heterocycles. The van der Waals surface area contributed by atoms with E-state index < -0.39 is 0 Å². The van der Waals surface area contributed by atoms with Crippen LogP contribution in [0.25, 0.3) is 10.9 Å². The molecular formula is C24H31N3O2S. The number of rotatable bonds is 9. The average molecular weight is 426 g/mol. The largest absolute Gasteiger partial charge is 0.497 e. The van der Waals surface area contributed by atoms with Crippen molar-refractivity contribution < 1.29 is 4.74 Å². The van der Waals surface area contributed by atoms with Gasteiger partial charge in [-0.15, -0.1) is 0 Å². The molecule has 0 aliphatic carbocycles. The topological polar surface area (TPSA) is 47.4 Å². The summed E-state index contributed by atoms with van der Waals surface area (Å²) in [7, 11) is 1.67. The lowest BCUT2D eigenvalue weighted by Crippen LogP contribution is -2.40. The van der Waals surface area contributed by atoms with Crippen LogP contribution in [-0.2, 0) is 12.3 Å². The highest BCUT2D eigenvalue weighted by Crippen LogP contribution is 2.23. The van der Waals surface area contributed by atoms with E-state index in [0.29, 0.717) is 24.0 Å². The van der Waals surface area contributed by atoms with Crippen LogP contribution in [-0.4, -0.2) is 40.2 Å². The number of hydrogen-bond acceptors (Lipinski definition) is 5. The van der Waals surface area contributed by atoms with Gasteiger partial charge < -0.3 is 4.74 Å². The summed E-state index contributed by atoms with van der Waals surface area (Å²) in [6.45, 7) is 10.2. The van der Waals surface area contributed by atoms with Gasteiger partial charge in [-0.25, -0.2) is 4.98 Å². The molecule has 6 heteroatoms. The maximum Gasteiger partial charge on any atom is 0.262 e. The van der Waals surface area contributed by atoms with Crippen LogP contribution in [0.1, 0.15) is 33.3 Å².